The maximum absolute atomic E-state index is 3.36. The smallest absolute Gasteiger partial charge is 0.0411 e. The van der Waals surface area contributed by atoms with Crippen molar-refractivity contribution in [1.29, 1.82) is 0 Å². The summed E-state index contributed by atoms with van der Waals surface area (Å²) in [6, 6.07) is 10.2. The van der Waals surface area contributed by atoms with E-state index < -0.39 is 0 Å². The van der Waals surface area contributed by atoms with Crippen molar-refractivity contribution in [2.45, 2.75) is 32.2 Å². The van der Waals surface area contributed by atoms with Crippen LogP contribution in [0.15, 0.2) is 18.2 Å². The van der Waals surface area contributed by atoms with E-state index in [2.05, 4.69) is 50.9 Å². The van der Waals surface area contributed by atoms with Gasteiger partial charge in [-0.25, -0.2) is 0 Å². The summed E-state index contributed by atoms with van der Waals surface area (Å²) in [5, 5.41) is 0. The third-order valence-electron chi connectivity index (χ3n) is 3.48. The summed E-state index contributed by atoms with van der Waals surface area (Å²) in [5.74, 6) is 0. The Bertz CT molecular complexity index is 328. The highest BCUT2D eigenvalue weighted by atomic mass is 15.2. The average molecular weight is 174 g/mol. The molecule has 1 atom stereocenters. The Hall–Kier alpha value is -0.980. The van der Waals surface area contributed by atoms with E-state index in [9.17, 15) is 0 Å². The van der Waals surface area contributed by atoms with Crippen molar-refractivity contribution in [3.8, 4) is 0 Å². The van der Waals surface area contributed by atoms with E-state index in [-0.39, 0.29) is 5.41 Å². The van der Waals surface area contributed by atoms with Crippen LogP contribution >= 0.6 is 0 Å². The molecule has 0 N–H and O–H groups in total. The molecule has 0 bridgehead atoms. The fraction of sp³-hybridized carbons (Fsp3) is 0.500. The minimum Gasteiger partial charge on any atom is -0.371 e. The summed E-state index contributed by atoms with van der Waals surface area (Å²) in [7, 11) is 2.16. The molecule has 2 rings (SSSR count). The van der Waals surface area contributed by atoms with Crippen molar-refractivity contribution in [1.82, 2.24) is 0 Å². The van der Waals surface area contributed by atoms with E-state index in [1.165, 1.54) is 11.3 Å². The van der Waals surface area contributed by atoms with Crippen LogP contribution in [0.3, 0.4) is 0 Å². The predicted octanol–water partition coefficient (Wildman–Crippen LogP) is 2.60. The van der Waals surface area contributed by atoms with Gasteiger partial charge in [0.2, 0.25) is 0 Å². The monoisotopic (exact) mass is 174 g/mol. The molecule has 13 heavy (non-hydrogen) atoms. The van der Waals surface area contributed by atoms with Crippen LogP contribution in [0.5, 0.6) is 0 Å². The summed E-state index contributed by atoms with van der Waals surface area (Å²) < 4.78 is 0. The first-order chi connectivity index (χ1) is 6.05. The second-order valence-electron chi connectivity index (χ2n) is 4.44. The van der Waals surface area contributed by atoms with Gasteiger partial charge >= 0.3 is 0 Å². The molecule has 1 unspecified atom stereocenters. The standard InChI is InChI=1S/C12H16N/c1-9-12(2,3)10-7-5-6-8-11(10)13(9)4/h5-6,8-9H,1-4H3. The molecule has 1 aromatic carbocycles. The lowest BCUT2D eigenvalue weighted by molar-refractivity contribution is 0.454. The molecular weight excluding hydrogens is 158 g/mol. The van der Waals surface area contributed by atoms with Gasteiger partial charge in [0.25, 0.3) is 0 Å². The maximum atomic E-state index is 3.36. The summed E-state index contributed by atoms with van der Waals surface area (Å²) >= 11 is 0. The highest BCUT2D eigenvalue weighted by Gasteiger charge is 2.39. The number of benzene rings is 1. The molecule has 69 valence electrons. The lowest BCUT2D eigenvalue weighted by Gasteiger charge is -2.28. The van der Waals surface area contributed by atoms with Crippen LogP contribution < -0.4 is 4.90 Å². The normalized spacial score (nSPS) is 24.6. The molecule has 0 spiro atoms. The lowest BCUT2D eigenvalue weighted by Crippen LogP contribution is -2.36. The Morgan fingerprint density at radius 1 is 1.46 bits per heavy atom. The predicted molar refractivity (Wildman–Crippen MR) is 56.2 cm³/mol. The van der Waals surface area contributed by atoms with Crippen molar-refractivity contribution in [3.05, 3.63) is 29.8 Å². The van der Waals surface area contributed by atoms with E-state index in [0.29, 0.717) is 6.04 Å². The van der Waals surface area contributed by atoms with Gasteiger partial charge in [0.1, 0.15) is 0 Å². The van der Waals surface area contributed by atoms with Gasteiger partial charge in [-0.05, 0) is 24.6 Å². The highest BCUT2D eigenvalue weighted by molar-refractivity contribution is 5.62. The molecule has 0 saturated carbocycles. The molecule has 1 nitrogen and oxygen atoms in total. The molecule has 1 aliphatic heterocycles. The van der Waals surface area contributed by atoms with Crippen LogP contribution in [0, 0.1) is 6.07 Å². The van der Waals surface area contributed by atoms with Crippen molar-refractivity contribution < 1.29 is 0 Å². The lowest BCUT2D eigenvalue weighted by atomic mass is 9.81. The van der Waals surface area contributed by atoms with Crippen LogP contribution in [-0.4, -0.2) is 13.1 Å². The number of likely N-dealkylation sites (N-methyl/N-ethyl adjacent to an activating group) is 1. The van der Waals surface area contributed by atoms with Gasteiger partial charge in [-0.2, -0.15) is 0 Å². The molecule has 0 fully saturated rings. The van der Waals surface area contributed by atoms with E-state index in [0.717, 1.165) is 0 Å². The first-order valence-electron chi connectivity index (χ1n) is 4.79. The van der Waals surface area contributed by atoms with Crippen LogP contribution in [0.4, 0.5) is 5.69 Å². The van der Waals surface area contributed by atoms with Crippen LogP contribution in [0.25, 0.3) is 0 Å². The van der Waals surface area contributed by atoms with Gasteiger partial charge in [-0.15, -0.1) is 0 Å². The van der Waals surface area contributed by atoms with Gasteiger partial charge in [-0.3, -0.25) is 0 Å². The third-order valence-corrected chi connectivity index (χ3v) is 3.48. The molecule has 1 aromatic rings. The number of anilines is 1. The Labute approximate surface area is 80.4 Å². The van der Waals surface area contributed by atoms with Gasteiger partial charge in [0.15, 0.2) is 0 Å². The molecule has 0 amide bonds. The highest BCUT2D eigenvalue weighted by Crippen LogP contribution is 2.43. The molecular formula is C12H16N. The zero-order valence-corrected chi connectivity index (χ0v) is 8.76. The Morgan fingerprint density at radius 3 is 2.77 bits per heavy atom. The number of hydrogen-bond donors (Lipinski definition) is 0. The summed E-state index contributed by atoms with van der Waals surface area (Å²) in [4.78, 5) is 2.34. The summed E-state index contributed by atoms with van der Waals surface area (Å²) in [5.41, 5.74) is 2.91. The van der Waals surface area contributed by atoms with E-state index in [1.807, 2.05) is 6.07 Å². The van der Waals surface area contributed by atoms with E-state index >= 15 is 0 Å². The molecule has 0 aliphatic carbocycles. The topological polar surface area (TPSA) is 3.24 Å². The molecule has 0 saturated heterocycles. The van der Waals surface area contributed by atoms with Crippen LogP contribution in [0.1, 0.15) is 26.3 Å². The van der Waals surface area contributed by atoms with E-state index in [4.69, 9.17) is 0 Å². The minimum absolute atomic E-state index is 0.228. The van der Waals surface area contributed by atoms with Crippen LogP contribution in [0.2, 0.25) is 0 Å². The molecule has 1 heterocycles. The van der Waals surface area contributed by atoms with Gasteiger partial charge < -0.3 is 4.90 Å². The number of hydrogen-bond acceptors (Lipinski definition) is 1. The average Bonchev–Trinajstić information content (AvgIpc) is 2.30. The van der Waals surface area contributed by atoms with Gasteiger partial charge in [-0.1, -0.05) is 26.0 Å². The number of fused-ring (bicyclic) bond motifs is 1. The van der Waals surface area contributed by atoms with Crippen molar-refractivity contribution in [2.75, 3.05) is 11.9 Å². The van der Waals surface area contributed by atoms with Crippen LogP contribution in [-0.2, 0) is 5.41 Å². The van der Waals surface area contributed by atoms with Gasteiger partial charge in [0, 0.05) is 24.2 Å². The Kier molecular flexibility index (Phi) is 1.66. The van der Waals surface area contributed by atoms with Gasteiger partial charge in [0.05, 0.1) is 0 Å². The fourth-order valence-corrected chi connectivity index (χ4v) is 2.14. The number of nitrogens with zero attached hydrogens (tertiary/aromatic N) is 1. The second kappa shape index (κ2) is 2.50. The van der Waals surface area contributed by atoms with Crippen molar-refractivity contribution in [3.63, 3.8) is 0 Å². The maximum Gasteiger partial charge on any atom is 0.0411 e. The minimum atomic E-state index is 0.228. The Morgan fingerprint density at radius 2 is 2.15 bits per heavy atom. The first-order valence-corrected chi connectivity index (χ1v) is 4.79. The SMILES string of the molecule is CC1N(C)c2ccc[c]c2C1(C)C. The quantitative estimate of drug-likeness (QED) is 0.584. The Balaban J connectivity index is 2.61. The molecule has 1 heteroatoms. The summed E-state index contributed by atoms with van der Waals surface area (Å²) in [6.45, 7) is 6.85. The molecule has 0 aromatic heterocycles. The largest absolute Gasteiger partial charge is 0.371 e. The zero-order chi connectivity index (χ0) is 9.64. The zero-order valence-electron chi connectivity index (χ0n) is 8.76. The van der Waals surface area contributed by atoms with Crippen molar-refractivity contribution in [2.24, 2.45) is 0 Å². The summed E-state index contributed by atoms with van der Waals surface area (Å²) in [6.07, 6.45) is 0. The number of rotatable bonds is 0. The second-order valence-corrected chi connectivity index (χ2v) is 4.44. The molecule has 1 aliphatic rings. The third kappa shape index (κ3) is 0.995. The fourth-order valence-electron chi connectivity index (χ4n) is 2.14. The van der Waals surface area contributed by atoms with E-state index in [1.54, 1.807) is 0 Å². The molecule has 1 radical (unpaired) electrons. The first kappa shape index (κ1) is 8.61. The van der Waals surface area contributed by atoms with Crippen molar-refractivity contribution >= 4 is 5.69 Å².